The molecule has 0 aromatic rings. The van der Waals surface area contributed by atoms with E-state index >= 15 is 0 Å². The van der Waals surface area contributed by atoms with E-state index in [0.29, 0.717) is 13.0 Å². The summed E-state index contributed by atoms with van der Waals surface area (Å²) in [7, 11) is 0. The fourth-order valence-corrected chi connectivity index (χ4v) is 1.62. The van der Waals surface area contributed by atoms with Gasteiger partial charge in [-0.3, -0.25) is 9.59 Å². The van der Waals surface area contributed by atoms with Crippen LogP contribution in [-0.4, -0.2) is 37.6 Å². The van der Waals surface area contributed by atoms with Crippen molar-refractivity contribution >= 4 is 11.9 Å². The Labute approximate surface area is 116 Å². The molecule has 2 N–H and O–H groups in total. The largest absolute Gasteiger partial charge is 0.466 e. The van der Waals surface area contributed by atoms with Crippen molar-refractivity contribution in [2.75, 3.05) is 19.7 Å². The second kappa shape index (κ2) is 12.0. The van der Waals surface area contributed by atoms with Crippen molar-refractivity contribution in [2.24, 2.45) is 0 Å². The Morgan fingerprint density at radius 3 is 2.47 bits per heavy atom. The highest BCUT2D eigenvalue weighted by atomic mass is 16.5. The number of hydrogen-bond donors (Lipinski definition) is 2. The van der Waals surface area contributed by atoms with Crippen molar-refractivity contribution in [3.63, 3.8) is 0 Å². The van der Waals surface area contributed by atoms with Gasteiger partial charge in [-0.1, -0.05) is 13.3 Å². The lowest BCUT2D eigenvalue weighted by atomic mass is 10.2. The summed E-state index contributed by atoms with van der Waals surface area (Å²) >= 11 is 0. The molecule has 5 heteroatoms. The maximum absolute atomic E-state index is 11.5. The van der Waals surface area contributed by atoms with E-state index in [9.17, 15) is 9.59 Å². The molecule has 0 fully saturated rings. The molecule has 0 aromatic heterocycles. The molecule has 0 heterocycles. The van der Waals surface area contributed by atoms with Gasteiger partial charge in [0, 0.05) is 13.0 Å². The molecular weight excluding hydrogens is 244 g/mol. The van der Waals surface area contributed by atoms with Gasteiger partial charge in [-0.15, -0.1) is 0 Å². The van der Waals surface area contributed by atoms with E-state index in [0.717, 1.165) is 38.8 Å². The number of esters is 1. The molecule has 0 aliphatic rings. The van der Waals surface area contributed by atoms with Gasteiger partial charge in [0.15, 0.2) is 0 Å². The van der Waals surface area contributed by atoms with Crippen molar-refractivity contribution in [3.05, 3.63) is 0 Å². The summed E-state index contributed by atoms with van der Waals surface area (Å²) in [6, 6.07) is -0.156. The summed E-state index contributed by atoms with van der Waals surface area (Å²) in [6.45, 7) is 7.68. The first-order chi connectivity index (χ1) is 9.11. The van der Waals surface area contributed by atoms with Gasteiger partial charge in [-0.2, -0.15) is 0 Å². The van der Waals surface area contributed by atoms with Crippen LogP contribution >= 0.6 is 0 Å². The van der Waals surface area contributed by atoms with Gasteiger partial charge >= 0.3 is 5.97 Å². The smallest absolute Gasteiger partial charge is 0.305 e. The molecule has 0 saturated heterocycles. The molecule has 112 valence electrons. The van der Waals surface area contributed by atoms with E-state index in [4.69, 9.17) is 4.74 Å². The monoisotopic (exact) mass is 272 g/mol. The van der Waals surface area contributed by atoms with Crippen LogP contribution in [-0.2, 0) is 14.3 Å². The molecule has 0 spiro atoms. The third-order valence-corrected chi connectivity index (χ3v) is 2.76. The van der Waals surface area contributed by atoms with Crippen LogP contribution in [0.2, 0.25) is 0 Å². The molecule has 0 radical (unpaired) electrons. The molecule has 5 nitrogen and oxygen atoms in total. The van der Waals surface area contributed by atoms with Gasteiger partial charge in [0.05, 0.1) is 12.6 Å². The Bertz CT molecular complexity index is 257. The SMILES string of the molecule is CCCNC(=O)C(C)NCCCCCC(=O)OCC. The van der Waals surface area contributed by atoms with Gasteiger partial charge in [0.2, 0.25) is 5.91 Å². The minimum atomic E-state index is -0.156. The predicted octanol–water partition coefficient (Wildman–Crippen LogP) is 1.61. The van der Waals surface area contributed by atoms with Gasteiger partial charge in [-0.05, 0) is 39.7 Å². The Morgan fingerprint density at radius 2 is 1.84 bits per heavy atom. The average Bonchev–Trinajstić information content (AvgIpc) is 2.39. The summed E-state index contributed by atoms with van der Waals surface area (Å²) < 4.78 is 4.85. The molecule has 0 rings (SSSR count). The normalized spacial score (nSPS) is 11.9. The quantitative estimate of drug-likeness (QED) is 0.443. The van der Waals surface area contributed by atoms with Crippen molar-refractivity contribution in [1.82, 2.24) is 10.6 Å². The first-order valence-electron chi connectivity index (χ1n) is 7.28. The zero-order chi connectivity index (χ0) is 14.5. The summed E-state index contributed by atoms with van der Waals surface area (Å²) in [4.78, 5) is 22.6. The van der Waals surface area contributed by atoms with Gasteiger partial charge in [0.25, 0.3) is 0 Å². The topological polar surface area (TPSA) is 67.4 Å². The van der Waals surface area contributed by atoms with Crippen molar-refractivity contribution in [3.8, 4) is 0 Å². The molecule has 0 saturated carbocycles. The first kappa shape index (κ1) is 17.9. The minimum Gasteiger partial charge on any atom is -0.466 e. The Morgan fingerprint density at radius 1 is 1.11 bits per heavy atom. The van der Waals surface area contributed by atoms with Crippen molar-refractivity contribution in [1.29, 1.82) is 0 Å². The number of amides is 1. The Kier molecular flexibility index (Phi) is 11.3. The number of nitrogens with one attached hydrogen (secondary N) is 2. The number of carbonyl (C=O) groups excluding carboxylic acids is 2. The standard InChI is InChI=1S/C14H28N2O3/c1-4-10-16-14(18)12(3)15-11-8-6-7-9-13(17)19-5-2/h12,15H,4-11H2,1-3H3,(H,16,18). The Balaban J connectivity index is 3.43. The van der Waals surface area contributed by atoms with Crippen LogP contribution in [0.1, 0.15) is 52.9 Å². The highest BCUT2D eigenvalue weighted by molar-refractivity contribution is 5.81. The number of rotatable bonds is 11. The fourth-order valence-electron chi connectivity index (χ4n) is 1.62. The van der Waals surface area contributed by atoms with E-state index in [1.165, 1.54) is 0 Å². The highest BCUT2D eigenvalue weighted by Gasteiger charge is 2.10. The van der Waals surface area contributed by atoms with Crippen LogP contribution in [0, 0.1) is 0 Å². The van der Waals surface area contributed by atoms with Crippen molar-refractivity contribution in [2.45, 2.75) is 58.9 Å². The third kappa shape index (κ3) is 10.5. The zero-order valence-electron chi connectivity index (χ0n) is 12.5. The summed E-state index contributed by atoms with van der Waals surface area (Å²) in [5, 5.41) is 6.03. The van der Waals surface area contributed by atoms with Crippen LogP contribution in [0.4, 0.5) is 0 Å². The second-order valence-electron chi connectivity index (χ2n) is 4.58. The Hall–Kier alpha value is -1.10. The summed E-state index contributed by atoms with van der Waals surface area (Å²) in [6.07, 6.45) is 4.21. The van der Waals surface area contributed by atoms with E-state index in [1.807, 2.05) is 20.8 Å². The number of carbonyl (C=O) groups is 2. The molecule has 1 amide bonds. The van der Waals surface area contributed by atoms with E-state index in [2.05, 4.69) is 10.6 Å². The maximum atomic E-state index is 11.5. The summed E-state index contributed by atoms with van der Waals surface area (Å²) in [5.41, 5.74) is 0. The number of ether oxygens (including phenoxy) is 1. The third-order valence-electron chi connectivity index (χ3n) is 2.76. The lowest BCUT2D eigenvalue weighted by molar-refractivity contribution is -0.143. The molecule has 0 aliphatic carbocycles. The number of hydrogen-bond acceptors (Lipinski definition) is 4. The molecule has 0 aromatic carbocycles. The lowest BCUT2D eigenvalue weighted by Gasteiger charge is -2.13. The first-order valence-corrected chi connectivity index (χ1v) is 7.28. The molecule has 1 atom stereocenters. The molecular formula is C14H28N2O3. The van der Waals surface area contributed by atoms with Gasteiger partial charge < -0.3 is 15.4 Å². The van der Waals surface area contributed by atoms with Gasteiger partial charge in [0.1, 0.15) is 0 Å². The zero-order valence-corrected chi connectivity index (χ0v) is 12.5. The molecule has 19 heavy (non-hydrogen) atoms. The van der Waals surface area contributed by atoms with Crippen LogP contribution < -0.4 is 10.6 Å². The minimum absolute atomic E-state index is 0.0494. The predicted molar refractivity (Wildman–Crippen MR) is 75.9 cm³/mol. The number of unbranched alkanes of at least 4 members (excludes halogenated alkanes) is 2. The molecule has 0 aliphatic heterocycles. The van der Waals surface area contributed by atoms with Crippen LogP contribution in [0.5, 0.6) is 0 Å². The van der Waals surface area contributed by atoms with E-state index < -0.39 is 0 Å². The maximum Gasteiger partial charge on any atom is 0.305 e. The fraction of sp³-hybridized carbons (Fsp3) is 0.857. The summed E-state index contributed by atoms with van der Waals surface area (Å²) in [5.74, 6) is -0.0730. The average molecular weight is 272 g/mol. The highest BCUT2D eigenvalue weighted by Crippen LogP contribution is 2.01. The van der Waals surface area contributed by atoms with E-state index in [1.54, 1.807) is 0 Å². The van der Waals surface area contributed by atoms with E-state index in [-0.39, 0.29) is 17.9 Å². The van der Waals surface area contributed by atoms with Crippen LogP contribution in [0.15, 0.2) is 0 Å². The molecule has 1 unspecified atom stereocenters. The molecule has 0 bridgehead atoms. The van der Waals surface area contributed by atoms with Crippen LogP contribution in [0.25, 0.3) is 0 Å². The lowest BCUT2D eigenvalue weighted by Crippen LogP contribution is -2.42. The van der Waals surface area contributed by atoms with Crippen molar-refractivity contribution < 1.29 is 14.3 Å². The second-order valence-corrected chi connectivity index (χ2v) is 4.58. The van der Waals surface area contributed by atoms with Gasteiger partial charge in [-0.25, -0.2) is 0 Å². The van der Waals surface area contributed by atoms with Crippen LogP contribution in [0.3, 0.4) is 0 Å².